The molecule has 0 aliphatic heterocycles. The lowest BCUT2D eigenvalue weighted by Crippen LogP contribution is -2.57. The second-order valence-corrected chi connectivity index (χ2v) is 6.28. The second-order valence-electron chi connectivity index (χ2n) is 6.28. The molecule has 0 aliphatic rings. The zero-order valence-electron chi connectivity index (χ0n) is 13.0. The van der Waals surface area contributed by atoms with Crippen molar-refractivity contribution in [3.63, 3.8) is 0 Å². The summed E-state index contributed by atoms with van der Waals surface area (Å²) < 4.78 is 0. The zero-order valence-corrected chi connectivity index (χ0v) is 13.0. The Labute approximate surface area is 120 Å². The lowest BCUT2D eigenvalue weighted by atomic mass is 9.74. The third-order valence-corrected chi connectivity index (χ3v) is 4.23. The van der Waals surface area contributed by atoms with E-state index in [1.165, 1.54) is 0 Å². The number of benzene rings is 1. The van der Waals surface area contributed by atoms with E-state index in [1.54, 1.807) is 27.7 Å². The van der Waals surface area contributed by atoms with Gasteiger partial charge in [-0.05, 0) is 52.7 Å². The van der Waals surface area contributed by atoms with Crippen molar-refractivity contribution >= 4 is 11.9 Å². The van der Waals surface area contributed by atoms with Crippen LogP contribution in [0.2, 0.25) is 0 Å². The van der Waals surface area contributed by atoms with Gasteiger partial charge in [-0.3, -0.25) is 9.59 Å². The minimum Gasteiger partial charge on any atom is -0.481 e. The minimum absolute atomic E-state index is 0.236. The van der Waals surface area contributed by atoms with Gasteiger partial charge < -0.3 is 10.4 Å². The van der Waals surface area contributed by atoms with Gasteiger partial charge in [0.2, 0.25) is 0 Å². The van der Waals surface area contributed by atoms with Crippen molar-refractivity contribution in [1.29, 1.82) is 0 Å². The van der Waals surface area contributed by atoms with E-state index in [9.17, 15) is 14.7 Å². The predicted molar refractivity (Wildman–Crippen MR) is 78.9 cm³/mol. The highest BCUT2D eigenvalue weighted by molar-refractivity contribution is 5.98. The first-order valence-corrected chi connectivity index (χ1v) is 6.63. The molecule has 4 nitrogen and oxygen atoms in total. The first kappa shape index (κ1) is 16.2. The predicted octanol–water partition coefficient (Wildman–Crippen LogP) is 2.92. The molecule has 0 saturated carbocycles. The van der Waals surface area contributed by atoms with Gasteiger partial charge in [-0.15, -0.1) is 0 Å². The van der Waals surface area contributed by atoms with E-state index in [0.717, 1.165) is 11.1 Å². The highest BCUT2D eigenvalue weighted by atomic mass is 16.4. The molecule has 0 saturated heterocycles. The topological polar surface area (TPSA) is 66.4 Å². The van der Waals surface area contributed by atoms with Crippen molar-refractivity contribution < 1.29 is 14.7 Å². The van der Waals surface area contributed by atoms with Crippen LogP contribution in [-0.4, -0.2) is 22.5 Å². The number of aliphatic carboxylic acids is 1. The highest BCUT2D eigenvalue weighted by Crippen LogP contribution is 2.31. The Morgan fingerprint density at radius 1 is 1.05 bits per heavy atom. The summed E-state index contributed by atoms with van der Waals surface area (Å²) in [7, 11) is 0. The van der Waals surface area contributed by atoms with Crippen LogP contribution in [0.1, 0.15) is 49.2 Å². The molecule has 0 heterocycles. The average Bonchev–Trinajstić information content (AvgIpc) is 2.27. The van der Waals surface area contributed by atoms with Crippen LogP contribution in [0.4, 0.5) is 0 Å². The zero-order chi connectivity index (χ0) is 15.7. The van der Waals surface area contributed by atoms with Crippen LogP contribution in [0.5, 0.6) is 0 Å². The number of rotatable bonds is 4. The second kappa shape index (κ2) is 5.27. The Hall–Kier alpha value is -1.84. The van der Waals surface area contributed by atoms with Crippen LogP contribution in [0.25, 0.3) is 0 Å². The van der Waals surface area contributed by atoms with Crippen molar-refractivity contribution in [2.24, 2.45) is 5.41 Å². The summed E-state index contributed by atoms with van der Waals surface area (Å²) in [4.78, 5) is 23.8. The Morgan fingerprint density at radius 3 is 1.90 bits per heavy atom. The quantitative estimate of drug-likeness (QED) is 0.889. The third kappa shape index (κ3) is 2.84. The van der Waals surface area contributed by atoms with E-state index < -0.39 is 16.9 Å². The Kier molecular flexibility index (Phi) is 4.27. The van der Waals surface area contributed by atoms with Crippen LogP contribution in [-0.2, 0) is 4.79 Å². The molecule has 0 radical (unpaired) electrons. The molecule has 110 valence electrons. The molecule has 0 unspecified atom stereocenters. The summed E-state index contributed by atoms with van der Waals surface area (Å²) in [5.74, 6) is -1.18. The average molecular weight is 277 g/mol. The van der Waals surface area contributed by atoms with Gasteiger partial charge in [0, 0.05) is 5.56 Å². The number of hydrogen-bond donors (Lipinski definition) is 2. The van der Waals surface area contributed by atoms with Gasteiger partial charge in [-0.2, -0.15) is 0 Å². The molecule has 1 amide bonds. The van der Waals surface area contributed by atoms with Crippen molar-refractivity contribution in [3.05, 3.63) is 34.9 Å². The van der Waals surface area contributed by atoms with E-state index >= 15 is 0 Å². The van der Waals surface area contributed by atoms with Crippen molar-refractivity contribution in [2.45, 2.75) is 47.1 Å². The maximum absolute atomic E-state index is 12.5. The molecule has 0 bridgehead atoms. The van der Waals surface area contributed by atoms with E-state index in [2.05, 4.69) is 5.32 Å². The first-order valence-electron chi connectivity index (χ1n) is 6.63. The van der Waals surface area contributed by atoms with E-state index in [1.807, 2.05) is 32.0 Å². The molecule has 1 aromatic carbocycles. The summed E-state index contributed by atoms with van der Waals surface area (Å²) in [6.45, 7) is 10.4. The summed E-state index contributed by atoms with van der Waals surface area (Å²) in [6.07, 6.45) is 0. The molecule has 2 N–H and O–H groups in total. The standard InChI is InChI=1S/C16H23NO3/c1-10-8-7-9-11(2)12(10)13(18)17-16(5,6)15(3,4)14(19)20/h7-9H,1-6H3,(H,17,18)(H,19,20). The molecular weight excluding hydrogens is 254 g/mol. The number of carboxylic acids is 1. The van der Waals surface area contributed by atoms with Gasteiger partial charge in [-0.1, -0.05) is 18.2 Å². The third-order valence-electron chi connectivity index (χ3n) is 4.23. The maximum atomic E-state index is 12.5. The van der Waals surface area contributed by atoms with E-state index in [4.69, 9.17) is 0 Å². The molecule has 1 rings (SSSR count). The minimum atomic E-state index is -1.07. The SMILES string of the molecule is Cc1cccc(C)c1C(=O)NC(C)(C)C(C)(C)C(=O)O. The summed E-state index contributed by atoms with van der Waals surface area (Å²) in [5, 5.41) is 12.2. The molecule has 0 aromatic heterocycles. The van der Waals surface area contributed by atoms with Gasteiger partial charge in [-0.25, -0.2) is 0 Å². The van der Waals surface area contributed by atoms with Crippen LogP contribution in [0, 0.1) is 19.3 Å². The molecule has 0 fully saturated rings. The van der Waals surface area contributed by atoms with Gasteiger partial charge >= 0.3 is 5.97 Å². The van der Waals surface area contributed by atoms with Crippen LogP contribution in [0.3, 0.4) is 0 Å². The smallest absolute Gasteiger partial charge is 0.311 e. The fraction of sp³-hybridized carbons (Fsp3) is 0.500. The number of aryl methyl sites for hydroxylation is 2. The number of carboxylic acid groups (broad SMARTS) is 1. The normalized spacial score (nSPS) is 12.1. The molecule has 1 aromatic rings. The van der Waals surface area contributed by atoms with Crippen molar-refractivity contribution in [2.75, 3.05) is 0 Å². The molecule has 0 aliphatic carbocycles. The summed E-state index contributed by atoms with van der Waals surface area (Å²) in [6, 6.07) is 5.64. The fourth-order valence-electron chi connectivity index (χ4n) is 1.94. The number of nitrogens with one attached hydrogen (secondary N) is 1. The maximum Gasteiger partial charge on any atom is 0.311 e. The Balaban J connectivity index is 3.10. The first-order chi connectivity index (χ1) is 9.00. The monoisotopic (exact) mass is 277 g/mol. The van der Waals surface area contributed by atoms with Crippen LogP contribution in [0.15, 0.2) is 18.2 Å². The van der Waals surface area contributed by atoms with Gasteiger partial charge in [0.1, 0.15) is 0 Å². The molecule has 20 heavy (non-hydrogen) atoms. The Bertz CT molecular complexity index is 524. The van der Waals surface area contributed by atoms with Gasteiger partial charge in [0.05, 0.1) is 11.0 Å². The van der Waals surface area contributed by atoms with E-state index in [0.29, 0.717) is 5.56 Å². The van der Waals surface area contributed by atoms with Gasteiger partial charge in [0.25, 0.3) is 5.91 Å². The number of hydrogen-bond acceptors (Lipinski definition) is 2. The molecule has 0 spiro atoms. The molecule has 0 atom stereocenters. The number of amides is 1. The van der Waals surface area contributed by atoms with Crippen molar-refractivity contribution in [3.8, 4) is 0 Å². The summed E-state index contributed by atoms with van der Waals surface area (Å²) >= 11 is 0. The number of carbonyl (C=O) groups excluding carboxylic acids is 1. The largest absolute Gasteiger partial charge is 0.481 e. The summed E-state index contributed by atoms with van der Waals surface area (Å²) in [5.41, 5.74) is 0.434. The highest BCUT2D eigenvalue weighted by Gasteiger charge is 2.44. The molecule has 4 heteroatoms. The van der Waals surface area contributed by atoms with Crippen LogP contribution < -0.4 is 5.32 Å². The lowest BCUT2D eigenvalue weighted by molar-refractivity contribution is -0.150. The fourth-order valence-corrected chi connectivity index (χ4v) is 1.94. The Morgan fingerprint density at radius 2 is 1.50 bits per heavy atom. The molecular formula is C16H23NO3. The van der Waals surface area contributed by atoms with Crippen LogP contribution >= 0.6 is 0 Å². The lowest BCUT2D eigenvalue weighted by Gasteiger charge is -2.39. The van der Waals surface area contributed by atoms with Crippen molar-refractivity contribution in [1.82, 2.24) is 5.32 Å². The van der Waals surface area contributed by atoms with E-state index in [-0.39, 0.29) is 5.91 Å². The number of carbonyl (C=O) groups is 2. The van der Waals surface area contributed by atoms with Gasteiger partial charge in [0.15, 0.2) is 0 Å².